The fourth-order valence-corrected chi connectivity index (χ4v) is 3.68. The summed E-state index contributed by atoms with van der Waals surface area (Å²) in [6.07, 6.45) is 2.04. The highest BCUT2D eigenvalue weighted by Gasteiger charge is 2.24. The van der Waals surface area contributed by atoms with E-state index in [1.54, 1.807) is 11.3 Å². The molecule has 1 saturated heterocycles. The van der Waals surface area contributed by atoms with Crippen LogP contribution in [0.3, 0.4) is 0 Å². The van der Waals surface area contributed by atoms with Gasteiger partial charge in [0.2, 0.25) is 5.91 Å². The second-order valence-corrected chi connectivity index (χ2v) is 7.07. The van der Waals surface area contributed by atoms with Gasteiger partial charge in [0, 0.05) is 29.6 Å². The highest BCUT2D eigenvalue weighted by Crippen LogP contribution is 2.26. The largest absolute Gasteiger partial charge is 0.369 e. The zero-order chi connectivity index (χ0) is 17.1. The molecule has 0 aliphatic carbocycles. The molecule has 1 amide bonds. The van der Waals surface area contributed by atoms with Gasteiger partial charge in [0.05, 0.1) is 12.2 Å². The van der Waals surface area contributed by atoms with Crippen LogP contribution in [0, 0.1) is 13.8 Å². The smallest absolute Gasteiger partial charge is 0.231 e. The number of hydrogen-bond acceptors (Lipinski definition) is 7. The molecule has 1 aliphatic heterocycles. The van der Waals surface area contributed by atoms with E-state index in [9.17, 15) is 4.79 Å². The first kappa shape index (κ1) is 16.8. The summed E-state index contributed by atoms with van der Waals surface area (Å²) < 4.78 is 0. The highest BCUT2D eigenvalue weighted by molar-refractivity contribution is 7.13. The van der Waals surface area contributed by atoms with Crippen LogP contribution in [0.1, 0.15) is 36.0 Å². The van der Waals surface area contributed by atoms with Crippen molar-refractivity contribution in [2.75, 3.05) is 25.0 Å². The minimum absolute atomic E-state index is 0.219. The zero-order valence-electron chi connectivity index (χ0n) is 14.0. The molecule has 1 atom stereocenters. The molecule has 24 heavy (non-hydrogen) atoms. The van der Waals surface area contributed by atoms with Crippen molar-refractivity contribution in [3.63, 3.8) is 0 Å². The first-order chi connectivity index (χ1) is 11.5. The molecule has 7 nitrogen and oxygen atoms in total. The Labute approximate surface area is 145 Å². The van der Waals surface area contributed by atoms with Crippen LogP contribution >= 0.6 is 11.3 Å². The van der Waals surface area contributed by atoms with Gasteiger partial charge in [0.15, 0.2) is 5.13 Å². The Hall–Kier alpha value is -2.06. The fraction of sp³-hybridized carbons (Fsp3) is 0.500. The molecule has 0 spiro atoms. The number of nitrogens with one attached hydrogen (secondary N) is 1. The molecule has 0 unspecified atom stereocenters. The minimum Gasteiger partial charge on any atom is -0.369 e. The first-order valence-electron chi connectivity index (χ1n) is 8.05. The Morgan fingerprint density at radius 1 is 1.38 bits per heavy atom. The van der Waals surface area contributed by atoms with E-state index in [0.29, 0.717) is 6.54 Å². The van der Waals surface area contributed by atoms with Crippen molar-refractivity contribution < 1.29 is 4.79 Å². The highest BCUT2D eigenvalue weighted by atomic mass is 32.1. The van der Waals surface area contributed by atoms with Crippen LogP contribution in [-0.2, 0) is 4.79 Å². The molecule has 1 aliphatic rings. The van der Waals surface area contributed by atoms with Gasteiger partial charge in [-0.05, 0) is 33.2 Å². The summed E-state index contributed by atoms with van der Waals surface area (Å²) in [4.78, 5) is 26.9. The molecule has 0 radical (unpaired) electrons. The Kier molecular flexibility index (Phi) is 5.06. The summed E-state index contributed by atoms with van der Waals surface area (Å²) in [5.41, 5.74) is 7.22. The first-order valence-corrected chi connectivity index (χ1v) is 8.93. The van der Waals surface area contributed by atoms with Crippen molar-refractivity contribution in [1.82, 2.24) is 19.9 Å². The molecule has 128 valence electrons. The quantitative estimate of drug-likeness (QED) is 0.859. The van der Waals surface area contributed by atoms with Gasteiger partial charge in [-0.3, -0.25) is 9.69 Å². The predicted octanol–water partition coefficient (Wildman–Crippen LogP) is 1.96. The van der Waals surface area contributed by atoms with Gasteiger partial charge >= 0.3 is 0 Å². The maximum atomic E-state index is 11.2. The molecule has 3 rings (SSSR count). The molecule has 8 heteroatoms. The number of hydrogen-bond donors (Lipinski definition) is 2. The number of nitrogens with zero attached hydrogens (tertiary/aromatic N) is 4. The van der Waals surface area contributed by atoms with Gasteiger partial charge < -0.3 is 11.1 Å². The lowest BCUT2D eigenvalue weighted by atomic mass is 9.97. The number of likely N-dealkylation sites (tertiary alicyclic amines) is 1. The van der Waals surface area contributed by atoms with E-state index in [1.165, 1.54) is 0 Å². The van der Waals surface area contributed by atoms with Crippen LogP contribution in [0.15, 0.2) is 11.4 Å². The number of nitrogens with two attached hydrogens (primary N) is 1. The van der Waals surface area contributed by atoms with Crippen LogP contribution in [0.2, 0.25) is 0 Å². The van der Waals surface area contributed by atoms with E-state index in [0.717, 1.165) is 54.1 Å². The van der Waals surface area contributed by atoms with Gasteiger partial charge in [-0.1, -0.05) is 0 Å². The van der Waals surface area contributed by atoms with E-state index in [2.05, 4.69) is 25.2 Å². The lowest BCUT2D eigenvalue weighted by molar-refractivity contribution is -0.119. The topological polar surface area (TPSA) is 97.0 Å². The summed E-state index contributed by atoms with van der Waals surface area (Å²) >= 11 is 1.56. The molecule has 0 saturated carbocycles. The van der Waals surface area contributed by atoms with Crippen molar-refractivity contribution >= 4 is 28.2 Å². The van der Waals surface area contributed by atoms with Crippen LogP contribution in [0.4, 0.5) is 10.9 Å². The molecule has 2 aromatic rings. The molecular formula is C16H22N6OS. The van der Waals surface area contributed by atoms with Crippen LogP contribution in [-0.4, -0.2) is 45.4 Å². The predicted molar refractivity (Wildman–Crippen MR) is 94.5 cm³/mol. The second-order valence-electron chi connectivity index (χ2n) is 6.21. The standard InChI is InChI=1S/C16H22N6OS/c1-10-6-14(21-16-19-11(2)9-24-16)20-15(18-10)12-4-3-5-22(7-12)8-13(17)23/h6,9,12H,3-5,7-8H2,1-2H3,(H2,17,23)(H,18,19,20,21)/t12-/m0/s1. The number of aryl methyl sites for hydroxylation is 2. The Morgan fingerprint density at radius 3 is 2.92 bits per heavy atom. The number of piperidine rings is 1. The average molecular weight is 346 g/mol. The third-order valence-corrected chi connectivity index (χ3v) is 4.85. The monoisotopic (exact) mass is 346 g/mol. The molecule has 0 aromatic carbocycles. The third-order valence-electron chi connectivity index (χ3n) is 3.98. The van der Waals surface area contributed by atoms with Crippen molar-refractivity contribution in [3.8, 4) is 0 Å². The summed E-state index contributed by atoms with van der Waals surface area (Å²) in [6, 6.07) is 1.92. The van der Waals surface area contributed by atoms with Crippen molar-refractivity contribution in [3.05, 3.63) is 28.7 Å². The van der Waals surface area contributed by atoms with Gasteiger partial charge in [-0.25, -0.2) is 15.0 Å². The fourth-order valence-electron chi connectivity index (χ4n) is 2.99. The van der Waals surface area contributed by atoms with E-state index < -0.39 is 0 Å². The maximum absolute atomic E-state index is 11.2. The zero-order valence-corrected chi connectivity index (χ0v) is 14.8. The van der Waals surface area contributed by atoms with E-state index in [-0.39, 0.29) is 11.8 Å². The molecule has 2 aromatic heterocycles. The number of carbonyl (C=O) groups is 1. The summed E-state index contributed by atoms with van der Waals surface area (Å²) in [7, 11) is 0. The van der Waals surface area contributed by atoms with Crippen LogP contribution in [0.25, 0.3) is 0 Å². The molecule has 3 heterocycles. The van der Waals surface area contributed by atoms with Gasteiger partial charge in [-0.15, -0.1) is 11.3 Å². The number of amides is 1. The Balaban J connectivity index is 1.76. The van der Waals surface area contributed by atoms with Gasteiger partial charge in [0.25, 0.3) is 0 Å². The number of primary amides is 1. The number of aromatic nitrogens is 3. The number of carbonyl (C=O) groups excluding carboxylic acids is 1. The molecule has 1 fully saturated rings. The minimum atomic E-state index is -0.290. The summed E-state index contributed by atoms with van der Waals surface area (Å²) in [6.45, 7) is 5.89. The Bertz CT molecular complexity index is 731. The number of rotatable bonds is 5. The van der Waals surface area contributed by atoms with E-state index in [1.807, 2.05) is 25.3 Å². The Morgan fingerprint density at radius 2 is 2.21 bits per heavy atom. The normalized spacial score (nSPS) is 18.5. The van der Waals surface area contributed by atoms with E-state index in [4.69, 9.17) is 5.73 Å². The third kappa shape index (κ3) is 4.27. The van der Waals surface area contributed by atoms with Crippen LogP contribution in [0.5, 0.6) is 0 Å². The van der Waals surface area contributed by atoms with Crippen LogP contribution < -0.4 is 11.1 Å². The lowest BCUT2D eigenvalue weighted by Gasteiger charge is -2.31. The number of thiazole rings is 1. The molecule has 0 bridgehead atoms. The summed E-state index contributed by atoms with van der Waals surface area (Å²) in [5.74, 6) is 1.51. The van der Waals surface area contributed by atoms with Crippen molar-refractivity contribution in [2.45, 2.75) is 32.6 Å². The lowest BCUT2D eigenvalue weighted by Crippen LogP contribution is -2.40. The number of anilines is 2. The molecule has 3 N–H and O–H groups in total. The maximum Gasteiger partial charge on any atom is 0.231 e. The van der Waals surface area contributed by atoms with Gasteiger partial charge in [0.1, 0.15) is 11.6 Å². The van der Waals surface area contributed by atoms with Gasteiger partial charge in [-0.2, -0.15) is 0 Å². The van der Waals surface area contributed by atoms with E-state index >= 15 is 0 Å². The molecular weight excluding hydrogens is 324 g/mol. The SMILES string of the molecule is Cc1cc(Nc2nc(C)cs2)nc([C@H]2CCCN(CC(N)=O)C2)n1. The average Bonchev–Trinajstić information content (AvgIpc) is 2.91. The van der Waals surface area contributed by atoms with Crippen molar-refractivity contribution in [2.24, 2.45) is 5.73 Å². The second kappa shape index (κ2) is 7.23. The summed E-state index contributed by atoms with van der Waals surface area (Å²) in [5, 5.41) is 6.09. The van der Waals surface area contributed by atoms with Crippen molar-refractivity contribution in [1.29, 1.82) is 0 Å².